The van der Waals surface area contributed by atoms with Crippen molar-refractivity contribution >= 4 is 11.6 Å². The van der Waals surface area contributed by atoms with E-state index in [2.05, 4.69) is 49.0 Å². The van der Waals surface area contributed by atoms with Crippen molar-refractivity contribution in [3.8, 4) is 0 Å². The lowest BCUT2D eigenvalue weighted by atomic mass is 10.3. The normalized spacial score (nSPS) is 14.9. The van der Waals surface area contributed by atoms with Gasteiger partial charge in [0.2, 0.25) is 0 Å². The van der Waals surface area contributed by atoms with E-state index in [0.29, 0.717) is 12.0 Å². The van der Waals surface area contributed by atoms with Gasteiger partial charge in [-0.3, -0.25) is 0 Å². The van der Waals surface area contributed by atoms with Crippen molar-refractivity contribution in [1.29, 1.82) is 0 Å². The summed E-state index contributed by atoms with van der Waals surface area (Å²) >= 11 is 0. The van der Waals surface area contributed by atoms with Gasteiger partial charge in [-0.15, -0.1) is 0 Å². The van der Waals surface area contributed by atoms with E-state index >= 15 is 0 Å². The minimum Gasteiger partial charge on any atom is -0.370 e. The van der Waals surface area contributed by atoms with Crippen LogP contribution in [0.4, 0.5) is 11.6 Å². The van der Waals surface area contributed by atoms with E-state index in [0.717, 1.165) is 30.5 Å². The van der Waals surface area contributed by atoms with Gasteiger partial charge in [-0.25, -0.2) is 9.97 Å². The summed E-state index contributed by atoms with van der Waals surface area (Å²) in [6.45, 7) is 10.5. The van der Waals surface area contributed by atoms with Crippen molar-refractivity contribution in [1.82, 2.24) is 9.97 Å². The van der Waals surface area contributed by atoms with Gasteiger partial charge in [0.15, 0.2) is 0 Å². The third-order valence-electron chi connectivity index (χ3n) is 3.29. The summed E-state index contributed by atoms with van der Waals surface area (Å²) in [6.07, 6.45) is 2.48. The quantitative estimate of drug-likeness (QED) is 0.840. The molecule has 0 radical (unpaired) electrons. The van der Waals surface area contributed by atoms with Crippen molar-refractivity contribution in [3.63, 3.8) is 0 Å². The Morgan fingerprint density at radius 3 is 2.56 bits per heavy atom. The Hall–Kier alpha value is -1.32. The second-order valence-corrected chi connectivity index (χ2v) is 5.15. The minimum atomic E-state index is 0.464. The van der Waals surface area contributed by atoms with Gasteiger partial charge < -0.3 is 10.2 Å². The van der Waals surface area contributed by atoms with Crippen molar-refractivity contribution < 1.29 is 0 Å². The molecular weight excluding hydrogens is 224 g/mol. The number of rotatable bonds is 6. The Kier molecular flexibility index (Phi) is 4.04. The van der Waals surface area contributed by atoms with Crippen LogP contribution in [0.25, 0.3) is 0 Å². The van der Waals surface area contributed by atoms with Gasteiger partial charge in [-0.05, 0) is 40.5 Å². The third-order valence-corrected chi connectivity index (χ3v) is 3.29. The molecular formula is C14H24N4. The molecule has 18 heavy (non-hydrogen) atoms. The molecule has 0 atom stereocenters. The summed E-state index contributed by atoms with van der Waals surface area (Å²) in [5, 5.41) is 3.31. The highest BCUT2D eigenvalue weighted by atomic mass is 15.2. The highest BCUT2D eigenvalue weighted by molar-refractivity contribution is 5.50. The van der Waals surface area contributed by atoms with Crippen LogP contribution in [0.5, 0.6) is 0 Å². The molecule has 1 saturated carbocycles. The predicted octanol–water partition coefficient (Wildman–Crippen LogP) is 3.02. The Bertz CT molecular complexity index is 399. The number of nitrogens with one attached hydrogen (secondary N) is 1. The monoisotopic (exact) mass is 248 g/mol. The maximum absolute atomic E-state index is 4.74. The van der Waals surface area contributed by atoms with E-state index < -0.39 is 0 Å². The van der Waals surface area contributed by atoms with Gasteiger partial charge in [0.25, 0.3) is 0 Å². The molecule has 0 aromatic carbocycles. The van der Waals surface area contributed by atoms with E-state index in [1.165, 1.54) is 12.8 Å². The number of nitrogens with zero attached hydrogens (tertiary/aromatic N) is 3. The fourth-order valence-electron chi connectivity index (χ4n) is 2.19. The molecule has 1 aromatic heterocycles. The Morgan fingerprint density at radius 2 is 2.06 bits per heavy atom. The van der Waals surface area contributed by atoms with Crippen LogP contribution in [-0.2, 0) is 0 Å². The van der Waals surface area contributed by atoms with E-state index in [4.69, 9.17) is 4.98 Å². The number of hydrogen-bond donors (Lipinski definition) is 1. The van der Waals surface area contributed by atoms with Crippen molar-refractivity contribution in [2.75, 3.05) is 23.3 Å². The minimum absolute atomic E-state index is 0.464. The first-order valence-electron chi connectivity index (χ1n) is 7.05. The zero-order valence-corrected chi connectivity index (χ0v) is 11.9. The third kappa shape index (κ3) is 2.92. The molecule has 4 heteroatoms. The molecule has 0 amide bonds. The molecule has 4 nitrogen and oxygen atoms in total. The largest absolute Gasteiger partial charge is 0.370 e. The molecule has 2 rings (SSSR count). The van der Waals surface area contributed by atoms with Crippen LogP contribution in [0.1, 0.15) is 52.3 Å². The first kappa shape index (κ1) is 13.1. The second kappa shape index (κ2) is 5.55. The molecule has 1 aliphatic rings. The number of anilines is 2. The molecule has 0 saturated heterocycles. The summed E-state index contributed by atoms with van der Waals surface area (Å²) in [6, 6.07) is 2.53. The molecule has 0 spiro atoms. The summed E-state index contributed by atoms with van der Waals surface area (Å²) in [5.74, 6) is 3.62. The van der Waals surface area contributed by atoms with Crippen LogP contribution in [0.3, 0.4) is 0 Å². The molecule has 1 fully saturated rings. The Balaban J connectivity index is 2.32. The molecule has 0 bridgehead atoms. The SMILES string of the molecule is CCNc1cc(N(CC)C(C)C)nc(C2CC2)n1. The van der Waals surface area contributed by atoms with Gasteiger partial charge in [0.1, 0.15) is 17.5 Å². The standard InChI is InChI=1S/C14H24N4/c1-5-15-12-9-13(18(6-2)10(3)4)17-14(16-12)11-7-8-11/h9-11H,5-8H2,1-4H3,(H,15,16,17). The van der Waals surface area contributed by atoms with Gasteiger partial charge in [-0.1, -0.05) is 0 Å². The van der Waals surface area contributed by atoms with Gasteiger partial charge in [0, 0.05) is 31.1 Å². The fourth-order valence-corrected chi connectivity index (χ4v) is 2.19. The lowest BCUT2D eigenvalue weighted by Crippen LogP contribution is -2.31. The molecule has 0 aliphatic heterocycles. The lowest BCUT2D eigenvalue weighted by molar-refractivity contribution is 0.688. The maximum Gasteiger partial charge on any atom is 0.136 e. The van der Waals surface area contributed by atoms with E-state index in [1.54, 1.807) is 0 Å². The Labute approximate surface area is 110 Å². The topological polar surface area (TPSA) is 41.0 Å². The van der Waals surface area contributed by atoms with Crippen LogP contribution in [0.15, 0.2) is 6.07 Å². The van der Waals surface area contributed by atoms with E-state index in [-0.39, 0.29) is 0 Å². The average molecular weight is 248 g/mol. The Morgan fingerprint density at radius 1 is 1.33 bits per heavy atom. The zero-order chi connectivity index (χ0) is 13.1. The smallest absolute Gasteiger partial charge is 0.136 e. The van der Waals surface area contributed by atoms with E-state index in [9.17, 15) is 0 Å². The summed E-state index contributed by atoms with van der Waals surface area (Å²) < 4.78 is 0. The number of hydrogen-bond acceptors (Lipinski definition) is 4. The summed E-state index contributed by atoms with van der Waals surface area (Å²) in [7, 11) is 0. The second-order valence-electron chi connectivity index (χ2n) is 5.15. The maximum atomic E-state index is 4.74. The summed E-state index contributed by atoms with van der Waals surface area (Å²) in [5.41, 5.74) is 0. The van der Waals surface area contributed by atoms with Crippen LogP contribution in [0.2, 0.25) is 0 Å². The molecule has 1 heterocycles. The fraction of sp³-hybridized carbons (Fsp3) is 0.714. The lowest BCUT2D eigenvalue weighted by Gasteiger charge is -2.27. The van der Waals surface area contributed by atoms with Gasteiger partial charge in [0.05, 0.1) is 0 Å². The van der Waals surface area contributed by atoms with Crippen molar-refractivity contribution in [2.24, 2.45) is 0 Å². The summed E-state index contributed by atoms with van der Waals surface area (Å²) in [4.78, 5) is 11.7. The van der Waals surface area contributed by atoms with Crippen LogP contribution in [0, 0.1) is 0 Å². The zero-order valence-electron chi connectivity index (χ0n) is 11.9. The van der Waals surface area contributed by atoms with E-state index in [1.807, 2.05) is 0 Å². The highest BCUT2D eigenvalue weighted by Gasteiger charge is 2.28. The predicted molar refractivity (Wildman–Crippen MR) is 76.3 cm³/mol. The number of aromatic nitrogens is 2. The van der Waals surface area contributed by atoms with Crippen LogP contribution < -0.4 is 10.2 Å². The van der Waals surface area contributed by atoms with Crippen LogP contribution >= 0.6 is 0 Å². The van der Waals surface area contributed by atoms with Gasteiger partial charge >= 0.3 is 0 Å². The first-order chi connectivity index (χ1) is 8.65. The molecule has 100 valence electrons. The highest BCUT2D eigenvalue weighted by Crippen LogP contribution is 2.39. The van der Waals surface area contributed by atoms with Crippen molar-refractivity contribution in [3.05, 3.63) is 11.9 Å². The van der Waals surface area contributed by atoms with Crippen molar-refractivity contribution in [2.45, 2.75) is 52.5 Å². The molecule has 1 aromatic rings. The van der Waals surface area contributed by atoms with Crippen LogP contribution in [-0.4, -0.2) is 29.1 Å². The van der Waals surface area contributed by atoms with Gasteiger partial charge in [-0.2, -0.15) is 0 Å². The molecule has 1 aliphatic carbocycles. The average Bonchev–Trinajstić information content (AvgIpc) is 3.13. The molecule has 1 N–H and O–H groups in total. The molecule has 0 unspecified atom stereocenters. The first-order valence-corrected chi connectivity index (χ1v) is 7.05.